The molecule has 0 saturated heterocycles. The van der Waals surface area contributed by atoms with Crippen molar-refractivity contribution in [3.63, 3.8) is 0 Å². The lowest BCUT2D eigenvalue weighted by atomic mass is 10.2. The molecule has 0 bridgehead atoms. The maximum atomic E-state index is 12.7. The predicted octanol–water partition coefficient (Wildman–Crippen LogP) is 3.76. The molecule has 0 unspecified atom stereocenters. The van der Waals surface area contributed by atoms with Crippen molar-refractivity contribution in [2.45, 2.75) is 45.4 Å². The molecule has 0 atom stereocenters. The van der Waals surface area contributed by atoms with Crippen LogP contribution in [0.5, 0.6) is 0 Å². The van der Waals surface area contributed by atoms with Crippen LogP contribution in [0.25, 0.3) is 0 Å². The van der Waals surface area contributed by atoms with Gasteiger partial charge in [0.05, 0.1) is 12.3 Å². The molecule has 0 fully saturated rings. The number of carbonyl (C=O) groups is 1. The smallest absolute Gasteiger partial charge is 0.210 e. The lowest BCUT2D eigenvalue weighted by molar-refractivity contribution is 0.102. The Kier molecular flexibility index (Phi) is 5.39. The fourth-order valence-corrected chi connectivity index (χ4v) is 4.46. The number of rotatable bonds is 7. The summed E-state index contributed by atoms with van der Waals surface area (Å²) >= 11 is 3.05. The first-order valence-electron chi connectivity index (χ1n) is 8.10. The molecular formula is C17H21N5OS2. The number of carbonyl (C=O) groups excluding carboxylic acids is 1. The van der Waals surface area contributed by atoms with E-state index in [4.69, 9.17) is 0 Å². The van der Waals surface area contributed by atoms with E-state index >= 15 is 0 Å². The molecule has 0 N–H and O–H groups in total. The zero-order chi connectivity index (χ0) is 18.0. The van der Waals surface area contributed by atoms with E-state index in [-0.39, 0.29) is 5.78 Å². The highest BCUT2D eigenvalue weighted by Crippen LogP contribution is 2.23. The highest BCUT2D eigenvalue weighted by Gasteiger charge is 2.18. The van der Waals surface area contributed by atoms with Crippen molar-refractivity contribution in [3.8, 4) is 0 Å². The zero-order valence-corrected chi connectivity index (χ0v) is 16.4. The van der Waals surface area contributed by atoms with Crippen LogP contribution in [0.4, 0.5) is 0 Å². The Labute approximate surface area is 155 Å². The molecule has 25 heavy (non-hydrogen) atoms. The highest BCUT2D eigenvalue weighted by molar-refractivity contribution is 7.99. The van der Waals surface area contributed by atoms with E-state index in [2.05, 4.69) is 33.9 Å². The molecule has 132 valence electrons. The van der Waals surface area contributed by atoms with E-state index in [0.29, 0.717) is 23.5 Å². The number of thioether (sulfide) groups is 1. The van der Waals surface area contributed by atoms with Crippen molar-refractivity contribution >= 4 is 28.9 Å². The molecule has 8 heteroatoms. The van der Waals surface area contributed by atoms with Gasteiger partial charge < -0.3 is 4.57 Å². The van der Waals surface area contributed by atoms with Crippen molar-refractivity contribution in [1.82, 2.24) is 24.8 Å². The molecule has 0 aromatic carbocycles. The molecule has 0 amide bonds. The number of nitrogens with zero attached hydrogens (tertiary/aromatic N) is 5. The van der Waals surface area contributed by atoms with Crippen molar-refractivity contribution < 1.29 is 4.79 Å². The third-order valence-electron chi connectivity index (χ3n) is 4.02. The van der Waals surface area contributed by atoms with E-state index in [1.807, 2.05) is 37.4 Å². The van der Waals surface area contributed by atoms with Crippen LogP contribution in [-0.4, -0.2) is 36.3 Å². The van der Waals surface area contributed by atoms with Gasteiger partial charge in [0.2, 0.25) is 5.16 Å². The number of tetrazole rings is 1. The molecule has 3 aromatic rings. The summed E-state index contributed by atoms with van der Waals surface area (Å²) in [6.45, 7) is 8.93. The molecule has 0 aliphatic heterocycles. The fraction of sp³-hybridized carbons (Fsp3) is 0.412. The van der Waals surface area contributed by atoms with Gasteiger partial charge in [0, 0.05) is 27.9 Å². The first kappa shape index (κ1) is 17.9. The largest absolute Gasteiger partial charge is 0.346 e. The average Bonchev–Trinajstić information content (AvgIpc) is 3.27. The monoisotopic (exact) mass is 375 g/mol. The van der Waals surface area contributed by atoms with Gasteiger partial charge in [-0.05, 0) is 55.6 Å². The van der Waals surface area contributed by atoms with Crippen LogP contribution in [0, 0.1) is 13.8 Å². The number of aromatic nitrogens is 5. The van der Waals surface area contributed by atoms with Crippen LogP contribution < -0.4 is 0 Å². The Hall–Kier alpha value is -1.93. The lowest BCUT2D eigenvalue weighted by Gasteiger charge is -2.13. The first-order chi connectivity index (χ1) is 12.0. The molecule has 6 nitrogen and oxygen atoms in total. The molecule has 0 spiro atoms. The van der Waals surface area contributed by atoms with E-state index in [1.54, 1.807) is 16.0 Å². The summed E-state index contributed by atoms with van der Waals surface area (Å²) < 4.78 is 3.93. The van der Waals surface area contributed by atoms with Crippen molar-refractivity contribution in [2.24, 2.45) is 0 Å². The molecule has 0 radical (unpaired) electrons. The first-order valence-corrected chi connectivity index (χ1v) is 9.97. The quantitative estimate of drug-likeness (QED) is 0.465. The Morgan fingerprint density at radius 1 is 1.36 bits per heavy atom. The highest BCUT2D eigenvalue weighted by atomic mass is 32.2. The van der Waals surface area contributed by atoms with E-state index in [1.165, 1.54) is 16.6 Å². The fourth-order valence-electron chi connectivity index (χ4n) is 3.01. The van der Waals surface area contributed by atoms with Crippen LogP contribution in [0.1, 0.15) is 46.5 Å². The normalized spacial score (nSPS) is 11.4. The Morgan fingerprint density at radius 3 is 2.80 bits per heavy atom. The third-order valence-corrected chi connectivity index (χ3v) is 5.84. The summed E-state index contributed by atoms with van der Waals surface area (Å²) in [7, 11) is 0. The zero-order valence-electron chi connectivity index (χ0n) is 14.8. The minimum absolute atomic E-state index is 0.107. The molecule has 3 aromatic heterocycles. The number of aryl methyl sites for hydroxylation is 1. The van der Waals surface area contributed by atoms with Gasteiger partial charge in [-0.2, -0.15) is 0 Å². The SMILES string of the molecule is Cc1cc(C(=O)CSc2nnnn2Cc2cccs2)c(C)n1C(C)C. The number of ketones is 1. The van der Waals surface area contributed by atoms with E-state index in [0.717, 1.165) is 17.0 Å². The number of thiophene rings is 1. The minimum atomic E-state index is 0.107. The summed E-state index contributed by atoms with van der Waals surface area (Å²) in [5.74, 6) is 0.434. The second-order valence-corrected chi connectivity index (χ2v) is 8.13. The second-order valence-electron chi connectivity index (χ2n) is 6.16. The van der Waals surface area contributed by atoms with Crippen LogP contribution in [-0.2, 0) is 6.54 Å². The Morgan fingerprint density at radius 2 is 2.16 bits per heavy atom. The molecule has 0 saturated carbocycles. The van der Waals surface area contributed by atoms with Gasteiger partial charge in [0.25, 0.3) is 0 Å². The van der Waals surface area contributed by atoms with Crippen LogP contribution in [0.2, 0.25) is 0 Å². The number of Topliss-reactive ketones (excluding diaryl/α,β-unsaturated/α-hetero) is 1. The standard InChI is InChI=1S/C17H21N5OS2/c1-11(2)22-12(3)8-15(13(22)4)16(23)10-25-17-18-19-20-21(17)9-14-6-5-7-24-14/h5-8,11H,9-10H2,1-4H3. The maximum Gasteiger partial charge on any atom is 0.210 e. The summed E-state index contributed by atoms with van der Waals surface area (Å²) in [4.78, 5) is 13.8. The summed E-state index contributed by atoms with van der Waals surface area (Å²) in [5.41, 5.74) is 2.93. The second kappa shape index (κ2) is 7.53. The maximum absolute atomic E-state index is 12.7. The van der Waals surface area contributed by atoms with Crippen molar-refractivity contribution in [2.75, 3.05) is 5.75 Å². The minimum Gasteiger partial charge on any atom is -0.346 e. The Bertz CT molecular complexity index is 864. The van der Waals surface area contributed by atoms with Crippen molar-refractivity contribution in [1.29, 1.82) is 0 Å². The summed E-state index contributed by atoms with van der Waals surface area (Å²) in [6, 6.07) is 6.37. The van der Waals surface area contributed by atoms with Gasteiger partial charge in [0.1, 0.15) is 0 Å². The van der Waals surface area contributed by atoms with Gasteiger partial charge >= 0.3 is 0 Å². The van der Waals surface area contributed by atoms with Crippen LogP contribution >= 0.6 is 23.1 Å². The van der Waals surface area contributed by atoms with Crippen LogP contribution in [0.3, 0.4) is 0 Å². The number of hydrogen-bond donors (Lipinski definition) is 0. The van der Waals surface area contributed by atoms with Gasteiger partial charge in [0.15, 0.2) is 5.78 Å². The van der Waals surface area contributed by atoms with Gasteiger partial charge in [-0.1, -0.05) is 17.8 Å². The molecule has 3 rings (SSSR count). The predicted molar refractivity (Wildman–Crippen MR) is 101 cm³/mol. The molecule has 0 aliphatic carbocycles. The summed E-state index contributed by atoms with van der Waals surface area (Å²) in [6.07, 6.45) is 0. The molecule has 0 aliphatic rings. The van der Waals surface area contributed by atoms with Crippen LogP contribution in [0.15, 0.2) is 28.7 Å². The third kappa shape index (κ3) is 3.85. The molecular weight excluding hydrogens is 354 g/mol. The van der Waals surface area contributed by atoms with E-state index < -0.39 is 0 Å². The van der Waals surface area contributed by atoms with E-state index in [9.17, 15) is 4.79 Å². The van der Waals surface area contributed by atoms with Gasteiger partial charge in [-0.15, -0.1) is 16.4 Å². The van der Waals surface area contributed by atoms with Crippen molar-refractivity contribution in [3.05, 3.63) is 45.4 Å². The van der Waals surface area contributed by atoms with Gasteiger partial charge in [-0.25, -0.2) is 4.68 Å². The Balaban J connectivity index is 1.70. The molecule has 3 heterocycles. The average molecular weight is 376 g/mol. The lowest BCUT2D eigenvalue weighted by Crippen LogP contribution is -2.09. The van der Waals surface area contributed by atoms with Gasteiger partial charge in [-0.3, -0.25) is 4.79 Å². The summed E-state index contributed by atoms with van der Waals surface area (Å²) in [5, 5.41) is 14.5. The number of hydrogen-bond acceptors (Lipinski definition) is 6. The topological polar surface area (TPSA) is 65.6 Å².